The molecule has 0 fully saturated rings. The van der Waals surface area contributed by atoms with E-state index in [4.69, 9.17) is 4.74 Å². The molecule has 4 rings (SSSR count). The highest BCUT2D eigenvalue weighted by molar-refractivity contribution is 7.94. The number of hydrogen-bond donors (Lipinski definition) is 1. The van der Waals surface area contributed by atoms with Gasteiger partial charge in [0.2, 0.25) is 5.91 Å². The number of carbonyl (C=O) groups is 1. The van der Waals surface area contributed by atoms with E-state index in [0.717, 1.165) is 51.8 Å². The van der Waals surface area contributed by atoms with Gasteiger partial charge in [-0.2, -0.15) is 0 Å². The van der Waals surface area contributed by atoms with E-state index in [2.05, 4.69) is 5.32 Å². The molecule has 1 heterocycles. The van der Waals surface area contributed by atoms with Crippen molar-refractivity contribution in [3.8, 4) is 5.75 Å². The summed E-state index contributed by atoms with van der Waals surface area (Å²) in [6, 6.07) is 14.1. The molecule has 0 spiro atoms. The maximum atomic E-state index is 14.5. The second-order valence-electron chi connectivity index (χ2n) is 7.47. The second kappa shape index (κ2) is 9.30. The van der Waals surface area contributed by atoms with Gasteiger partial charge in [0.15, 0.2) is 0 Å². The molecule has 1 aromatic heterocycles. The predicted molar refractivity (Wildman–Crippen MR) is 122 cm³/mol. The summed E-state index contributed by atoms with van der Waals surface area (Å²) in [5.41, 5.74) is 1.92. The lowest BCUT2D eigenvalue weighted by Gasteiger charge is -2.29. The Kier molecular flexibility index (Phi) is 6.48. The van der Waals surface area contributed by atoms with Gasteiger partial charge in [0, 0.05) is 0 Å². The highest BCUT2D eigenvalue weighted by Gasteiger charge is 2.31. The molecule has 0 aliphatic heterocycles. The van der Waals surface area contributed by atoms with E-state index in [9.17, 15) is 17.6 Å². The van der Waals surface area contributed by atoms with Gasteiger partial charge in [-0.25, -0.2) is 12.8 Å². The number of thiophene rings is 1. The molecule has 3 aromatic rings. The number of para-hydroxylation sites is 1. The van der Waals surface area contributed by atoms with E-state index in [0.29, 0.717) is 0 Å². The number of anilines is 1. The number of fused-ring (bicyclic) bond motifs is 1. The number of nitrogens with one attached hydrogen (secondary N) is 1. The summed E-state index contributed by atoms with van der Waals surface area (Å²) in [5, 5.41) is 4.57. The molecule has 168 valence electrons. The van der Waals surface area contributed by atoms with Gasteiger partial charge in [0.05, 0.1) is 18.8 Å². The minimum Gasteiger partial charge on any atom is -0.497 e. The summed E-state index contributed by atoms with van der Waals surface area (Å²) < 4.78 is 47.1. The topological polar surface area (TPSA) is 75.7 Å². The number of methoxy groups -OCH3 is 1. The van der Waals surface area contributed by atoms with E-state index in [1.165, 1.54) is 30.3 Å². The largest absolute Gasteiger partial charge is 0.497 e. The first kappa shape index (κ1) is 22.3. The summed E-state index contributed by atoms with van der Waals surface area (Å²) in [6.45, 7) is -0.525. The molecule has 1 aliphatic rings. The molecular formula is C23H23FN2O4S2. The average Bonchev–Trinajstić information content (AvgIpc) is 3.34. The van der Waals surface area contributed by atoms with Crippen LogP contribution in [0.15, 0.2) is 64.2 Å². The van der Waals surface area contributed by atoms with E-state index in [-0.39, 0.29) is 15.9 Å². The summed E-state index contributed by atoms with van der Waals surface area (Å²) in [6.07, 6.45) is 2.51. The van der Waals surface area contributed by atoms with Gasteiger partial charge >= 0.3 is 0 Å². The molecule has 1 N–H and O–H groups in total. The Morgan fingerprint density at radius 2 is 2.03 bits per heavy atom. The van der Waals surface area contributed by atoms with Crippen LogP contribution in [0, 0.1) is 5.82 Å². The number of ether oxygens (including phenoxy) is 1. The van der Waals surface area contributed by atoms with Crippen LogP contribution < -0.4 is 14.4 Å². The van der Waals surface area contributed by atoms with Crippen molar-refractivity contribution in [1.29, 1.82) is 0 Å². The normalized spacial score (nSPS) is 15.6. The number of carbonyl (C=O) groups excluding carboxylic acids is 1. The zero-order valence-corrected chi connectivity index (χ0v) is 19.1. The van der Waals surface area contributed by atoms with Crippen molar-refractivity contribution < 1.29 is 22.3 Å². The van der Waals surface area contributed by atoms with Crippen LogP contribution in [0.2, 0.25) is 0 Å². The summed E-state index contributed by atoms with van der Waals surface area (Å²) in [7, 11) is -2.50. The van der Waals surface area contributed by atoms with Gasteiger partial charge < -0.3 is 10.1 Å². The molecule has 1 atom stereocenters. The lowest BCUT2D eigenvalue weighted by Crippen LogP contribution is -2.42. The first-order valence-electron chi connectivity index (χ1n) is 10.2. The number of sulfonamides is 1. The Bertz CT molecular complexity index is 1210. The van der Waals surface area contributed by atoms with Crippen molar-refractivity contribution in [3.05, 3.63) is 76.9 Å². The third-order valence-electron chi connectivity index (χ3n) is 5.45. The molecule has 0 saturated carbocycles. The zero-order valence-electron chi connectivity index (χ0n) is 17.5. The molecule has 1 unspecified atom stereocenters. The van der Waals surface area contributed by atoms with Gasteiger partial charge in [-0.3, -0.25) is 9.10 Å². The zero-order chi connectivity index (χ0) is 22.7. The summed E-state index contributed by atoms with van der Waals surface area (Å²) in [4.78, 5) is 13.0. The first-order valence-corrected chi connectivity index (χ1v) is 12.5. The Morgan fingerprint density at radius 3 is 2.75 bits per heavy atom. The van der Waals surface area contributed by atoms with Crippen molar-refractivity contribution in [1.82, 2.24) is 5.32 Å². The fourth-order valence-electron chi connectivity index (χ4n) is 3.91. The van der Waals surface area contributed by atoms with Crippen molar-refractivity contribution in [3.63, 3.8) is 0 Å². The van der Waals surface area contributed by atoms with Crippen LogP contribution in [0.3, 0.4) is 0 Å². The highest BCUT2D eigenvalue weighted by atomic mass is 32.2. The number of rotatable bonds is 7. The van der Waals surface area contributed by atoms with Gasteiger partial charge in [0.25, 0.3) is 10.0 Å². The SMILES string of the molecule is COc1ccc2c(c1)CCCC2NC(=O)CN(c1ccccc1F)S(=O)(=O)c1cccs1. The number of nitrogens with zero attached hydrogens (tertiary/aromatic N) is 1. The van der Waals surface area contributed by atoms with Crippen LogP contribution >= 0.6 is 11.3 Å². The molecule has 2 aromatic carbocycles. The summed E-state index contributed by atoms with van der Waals surface area (Å²) >= 11 is 1.02. The van der Waals surface area contributed by atoms with E-state index in [1.54, 1.807) is 18.6 Å². The highest BCUT2D eigenvalue weighted by Crippen LogP contribution is 2.33. The molecular weight excluding hydrogens is 451 g/mol. The molecule has 32 heavy (non-hydrogen) atoms. The molecule has 0 radical (unpaired) electrons. The lowest BCUT2D eigenvalue weighted by atomic mass is 9.87. The molecule has 9 heteroatoms. The fraction of sp³-hybridized carbons (Fsp3) is 0.261. The minimum atomic E-state index is -4.10. The van der Waals surface area contributed by atoms with E-state index >= 15 is 0 Å². The third kappa shape index (κ3) is 4.49. The van der Waals surface area contributed by atoms with Gasteiger partial charge in [-0.15, -0.1) is 11.3 Å². The number of halogens is 1. The smallest absolute Gasteiger partial charge is 0.274 e. The Labute approximate surface area is 190 Å². The van der Waals surface area contributed by atoms with E-state index in [1.807, 2.05) is 18.2 Å². The Balaban J connectivity index is 1.60. The lowest BCUT2D eigenvalue weighted by molar-refractivity contribution is -0.120. The molecule has 0 bridgehead atoms. The Hall–Kier alpha value is -2.91. The third-order valence-corrected chi connectivity index (χ3v) is 8.58. The predicted octanol–water partition coefficient (Wildman–Crippen LogP) is 4.28. The van der Waals surface area contributed by atoms with Gasteiger partial charge in [-0.05, 0) is 66.1 Å². The van der Waals surface area contributed by atoms with Gasteiger partial charge in [0.1, 0.15) is 22.3 Å². The van der Waals surface area contributed by atoms with E-state index < -0.39 is 28.3 Å². The molecule has 0 saturated heterocycles. The van der Waals surface area contributed by atoms with Crippen LogP contribution in [0.1, 0.15) is 30.0 Å². The van der Waals surface area contributed by atoms with Crippen molar-refractivity contribution in [2.75, 3.05) is 18.0 Å². The monoisotopic (exact) mass is 474 g/mol. The van der Waals surface area contributed by atoms with Crippen LogP contribution in [-0.4, -0.2) is 28.0 Å². The number of amides is 1. The van der Waals surface area contributed by atoms with Crippen molar-refractivity contribution in [2.45, 2.75) is 29.5 Å². The average molecular weight is 475 g/mol. The molecule has 1 amide bonds. The number of benzene rings is 2. The van der Waals surface area contributed by atoms with Crippen molar-refractivity contribution in [2.24, 2.45) is 0 Å². The molecule has 6 nitrogen and oxygen atoms in total. The van der Waals surface area contributed by atoms with Gasteiger partial charge in [-0.1, -0.05) is 24.3 Å². The fourth-order valence-corrected chi connectivity index (χ4v) is 6.44. The maximum absolute atomic E-state index is 14.5. The number of aryl methyl sites for hydroxylation is 1. The van der Waals surface area contributed by atoms with Crippen LogP contribution in [-0.2, 0) is 21.2 Å². The van der Waals surface area contributed by atoms with Crippen LogP contribution in [0.25, 0.3) is 0 Å². The minimum absolute atomic E-state index is 0.0451. The Morgan fingerprint density at radius 1 is 1.22 bits per heavy atom. The van der Waals surface area contributed by atoms with Crippen LogP contribution in [0.4, 0.5) is 10.1 Å². The van der Waals surface area contributed by atoms with Crippen LogP contribution in [0.5, 0.6) is 5.75 Å². The maximum Gasteiger partial charge on any atom is 0.274 e. The molecule has 1 aliphatic carbocycles. The number of hydrogen-bond acceptors (Lipinski definition) is 5. The second-order valence-corrected chi connectivity index (χ2v) is 10.5. The summed E-state index contributed by atoms with van der Waals surface area (Å²) in [5.74, 6) is -0.457. The standard InChI is InChI=1S/C23H23FN2O4S2/c1-30-17-11-12-18-16(14-17)6-4-8-20(18)25-22(27)15-26(21-9-3-2-7-19(21)24)32(28,29)23-10-5-13-31-23/h2-3,5,7,9-14,20H,4,6,8,15H2,1H3,(H,25,27). The quantitative estimate of drug-likeness (QED) is 0.555. The van der Waals surface area contributed by atoms with Crippen molar-refractivity contribution >= 4 is 33.0 Å². The first-order chi connectivity index (χ1) is 15.4.